The molecule has 0 aromatic heterocycles. The lowest BCUT2D eigenvalue weighted by atomic mass is 10.1. The molecule has 4 nitrogen and oxygen atoms in total. The monoisotopic (exact) mass is 298 g/mol. The third-order valence-corrected chi connectivity index (χ3v) is 3.50. The van der Waals surface area contributed by atoms with Gasteiger partial charge in [0.2, 0.25) is 5.91 Å². The van der Waals surface area contributed by atoms with Crippen LogP contribution in [0.5, 0.6) is 0 Å². The first kappa shape index (κ1) is 17.0. The lowest BCUT2D eigenvalue weighted by molar-refractivity contribution is -0.134. The highest BCUT2D eigenvalue weighted by atomic mass is 35.5. The van der Waals surface area contributed by atoms with Gasteiger partial charge in [0.1, 0.15) is 0 Å². The second-order valence-electron chi connectivity index (χ2n) is 5.07. The molecule has 0 spiro atoms. The minimum Gasteiger partial charge on any atom is -0.379 e. The predicted molar refractivity (Wildman–Crippen MR) is 82.0 cm³/mol. The van der Waals surface area contributed by atoms with Gasteiger partial charge in [0.05, 0.1) is 18.7 Å². The highest BCUT2D eigenvalue weighted by Gasteiger charge is 2.28. The molecule has 1 aliphatic heterocycles. The van der Waals surface area contributed by atoms with Crippen LogP contribution in [0.3, 0.4) is 0 Å². The van der Waals surface area contributed by atoms with Crippen molar-refractivity contribution in [3.63, 3.8) is 0 Å². The Bertz CT molecular complexity index is 406. The summed E-state index contributed by atoms with van der Waals surface area (Å²) in [5.74, 6) is 0.0198. The Labute approximate surface area is 126 Å². The lowest BCUT2D eigenvalue weighted by Gasteiger charge is -2.29. The molecule has 0 saturated carbocycles. The van der Waals surface area contributed by atoms with E-state index in [2.05, 4.69) is 12.1 Å². The van der Waals surface area contributed by atoms with Gasteiger partial charge in [0.15, 0.2) is 0 Å². The average molecular weight is 299 g/mol. The van der Waals surface area contributed by atoms with Gasteiger partial charge < -0.3 is 15.4 Å². The summed E-state index contributed by atoms with van der Waals surface area (Å²) < 4.78 is 5.39. The van der Waals surface area contributed by atoms with Crippen LogP contribution in [0.4, 0.5) is 0 Å². The van der Waals surface area contributed by atoms with Crippen LogP contribution in [0.1, 0.15) is 18.9 Å². The fourth-order valence-electron chi connectivity index (χ4n) is 2.40. The Morgan fingerprint density at radius 3 is 2.70 bits per heavy atom. The van der Waals surface area contributed by atoms with Crippen LogP contribution >= 0.6 is 12.4 Å². The number of rotatable bonds is 5. The molecule has 112 valence electrons. The molecule has 5 heteroatoms. The van der Waals surface area contributed by atoms with Crippen molar-refractivity contribution < 1.29 is 9.53 Å². The number of nitrogens with zero attached hydrogens (tertiary/aromatic N) is 1. The van der Waals surface area contributed by atoms with Crippen molar-refractivity contribution in [1.29, 1.82) is 0 Å². The zero-order valence-electron chi connectivity index (χ0n) is 11.8. The van der Waals surface area contributed by atoms with Gasteiger partial charge in [-0.25, -0.2) is 0 Å². The van der Waals surface area contributed by atoms with Gasteiger partial charge in [-0.3, -0.25) is 4.79 Å². The first-order valence-corrected chi connectivity index (χ1v) is 6.86. The maximum absolute atomic E-state index is 12.2. The topological polar surface area (TPSA) is 55.6 Å². The van der Waals surface area contributed by atoms with Crippen molar-refractivity contribution in [3.8, 4) is 0 Å². The minimum atomic E-state index is -0.448. The van der Waals surface area contributed by atoms with Crippen LogP contribution in [0.15, 0.2) is 30.3 Å². The summed E-state index contributed by atoms with van der Waals surface area (Å²) in [7, 11) is 0. The second kappa shape index (κ2) is 8.25. The van der Waals surface area contributed by atoms with Gasteiger partial charge in [-0.1, -0.05) is 30.3 Å². The minimum absolute atomic E-state index is 0. The van der Waals surface area contributed by atoms with Crippen LogP contribution in [-0.4, -0.2) is 42.6 Å². The summed E-state index contributed by atoms with van der Waals surface area (Å²) >= 11 is 0. The molecule has 0 bridgehead atoms. The summed E-state index contributed by atoms with van der Waals surface area (Å²) in [5.41, 5.74) is 6.98. The fourth-order valence-corrected chi connectivity index (χ4v) is 2.40. The van der Waals surface area contributed by atoms with Crippen molar-refractivity contribution in [3.05, 3.63) is 35.9 Å². The van der Waals surface area contributed by atoms with Gasteiger partial charge in [0, 0.05) is 13.2 Å². The molecule has 1 aliphatic rings. The largest absolute Gasteiger partial charge is 0.379 e. The Morgan fingerprint density at radius 1 is 1.45 bits per heavy atom. The van der Waals surface area contributed by atoms with E-state index >= 15 is 0 Å². The molecule has 0 aliphatic carbocycles. The van der Waals surface area contributed by atoms with Crippen molar-refractivity contribution >= 4 is 18.3 Å². The normalized spacial score (nSPS) is 19.2. The Morgan fingerprint density at radius 2 is 2.15 bits per heavy atom. The first-order chi connectivity index (χ1) is 9.18. The molecule has 20 heavy (non-hydrogen) atoms. The smallest absolute Gasteiger partial charge is 0.239 e. The van der Waals surface area contributed by atoms with Gasteiger partial charge >= 0.3 is 0 Å². The summed E-state index contributed by atoms with van der Waals surface area (Å²) in [6.45, 7) is 3.82. The summed E-state index contributed by atoms with van der Waals surface area (Å²) in [4.78, 5) is 14.1. The number of hydrogen-bond donors (Lipinski definition) is 1. The molecule has 1 saturated heterocycles. The Hall–Kier alpha value is -1.10. The number of halogens is 1. The molecule has 1 amide bonds. The van der Waals surface area contributed by atoms with Crippen molar-refractivity contribution in [2.75, 3.05) is 19.8 Å². The van der Waals surface area contributed by atoms with Gasteiger partial charge in [0.25, 0.3) is 0 Å². The Kier molecular flexibility index (Phi) is 6.99. The van der Waals surface area contributed by atoms with Crippen molar-refractivity contribution in [2.45, 2.75) is 31.8 Å². The number of hydrogen-bond acceptors (Lipinski definition) is 3. The van der Waals surface area contributed by atoms with Crippen LogP contribution in [0.2, 0.25) is 0 Å². The molecule has 1 fully saturated rings. The zero-order chi connectivity index (χ0) is 13.7. The molecule has 0 radical (unpaired) electrons. The number of amides is 1. The van der Waals surface area contributed by atoms with E-state index in [0.717, 1.165) is 19.4 Å². The predicted octanol–water partition coefficient (Wildman–Crippen LogP) is 1.62. The molecular weight excluding hydrogens is 276 g/mol. The SMILES string of the molecule is C[C@@H](N)C(=O)N(CCc1ccccc1)C1CCOC1.Cl. The van der Waals surface area contributed by atoms with E-state index in [0.29, 0.717) is 13.2 Å². The molecular formula is C15H23ClN2O2. The zero-order valence-corrected chi connectivity index (χ0v) is 12.6. The van der Waals surface area contributed by atoms with E-state index in [1.54, 1.807) is 6.92 Å². The third-order valence-electron chi connectivity index (χ3n) is 3.50. The summed E-state index contributed by atoms with van der Waals surface area (Å²) in [5, 5.41) is 0. The fraction of sp³-hybridized carbons (Fsp3) is 0.533. The molecule has 1 aromatic carbocycles. The van der Waals surface area contributed by atoms with Crippen LogP contribution in [-0.2, 0) is 16.0 Å². The van der Waals surface area contributed by atoms with E-state index in [-0.39, 0.29) is 24.4 Å². The highest BCUT2D eigenvalue weighted by Crippen LogP contribution is 2.14. The summed E-state index contributed by atoms with van der Waals surface area (Å²) in [6.07, 6.45) is 1.77. The van der Waals surface area contributed by atoms with Gasteiger partial charge in [-0.05, 0) is 25.3 Å². The van der Waals surface area contributed by atoms with Crippen molar-refractivity contribution in [2.24, 2.45) is 5.73 Å². The molecule has 1 unspecified atom stereocenters. The average Bonchev–Trinajstić information content (AvgIpc) is 2.94. The number of nitrogens with two attached hydrogens (primary N) is 1. The maximum atomic E-state index is 12.2. The van der Waals surface area contributed by atoms with Crippen LogP contribution < -0.4 is 5.73 Å². The highest BCUT2D eigenvalue weighted by molar-refractivity contribution is 5.85. The third kappa shape index (κ3) is 4.47. The molecule has 2 atom stereocenters. The summed E-state index contributed by atoms with van der Waals surface area (Å²) in [6, 6.07) is 9.94. The Balaban J connectivity index is 0.00000200. The van der Waals surface area contributed by atoms with E-state index in [1.807, 2.05) is 23.1 Å². The number of ether oxygens (including phenoxy) is 1. The maximum Gasteiger partial charge on any atom is 0.239 e. The number of benzene rings is 1. The van der Waals surface area contributed by atoms with E-state index in [1.165, 1.54) is 5.56 Å². The first-order valence-electron chi connectivity index (χ1n) is 6.86. The van der Waals surface area contributed by atoms with Crippen LogP contribution in [0, 0.1) is 0 Å². The molecule has 1 aromatic rings. The van der Waals surface area contributed by atoms with Crippen molar-refractivity contribution in [1.82, 2.24) is 4.90 Å². The standard InChI is InChI=1S/C15H22N2O2.ClH/c1-12(16)15(18)17(14-8-10-19-11-14)9-7-13-5-3-2-4-6-13;/h2-6,12,14H,7-11,16H2,1H3;1H/t12-,14?;/m1./s1. The number of carbonyl (C=O) groups excluding carboxylic acids is 1. The lowest BCUT2D eigenvalue weighted by Crippen LogP contribution is -2.48. The second-order valence-corrected chi connectivity index (χ2v) is 5.07. The molecule has 2 rings (SSSR count). The number of carbonyl (C=O) groups is 1. The van der Waals surface area contributed by atoms with E-state index in [4.69, 9.17) is 10.5 Å². The van der Waals surface area contributed by atoms with E-state index in [9.17, 15) is 4.79 Å². The van der Waals surface area contributed by atoms with Gasteiger partial charge in [-0.2, -0.15) is 0 Å². The molecule has 1 heterocycles. The molecule has 2 N–H and O–H groups in total. The van der Waals surface area contributed by atoms with Crippen LogP contribution in [0.25, 0.3) is 0 Å². The van der Waals surface area contributed by atoms with E-state index < -0.39 is 6.04 Å². The quantitative estimate of drug-likeness (QED) is 0.898. The van der Waals surface area contributed by atoms with Gasteiger partial charge in [-0.15, -0.1) is 12.4 Å².